The van der Waals surface area contributed by atoms with Gasteiger partial charge in [-0.05, 0) is 19.3 Å². The lowest BCUT2D eigenvalue weighted by molar-refractivity contribution is 0.521. The van der Waals surface area contributed by atoms with Gasteiger partial charge in [-0.1, -0.05) is 29.3 Å². The van der Waals surface area contributed by atoms with Crippen LogP contribution in [0, 0.1) is 0 Å². The fourth-order valence-corrected chi connectivity index (χ4v) is 4.73. The summed E-state index contributed by atoms with van der Waals surface area (Å²) in [6, 6.07) is 0. The van der Waals surface area contributed by atoms with E-state index in [2.05, 4.69) is 33.1 Å². The quantitative estimate of drug-likeness (QED) is 0.791. The summed E-state index contributed by atoms with van der Waals surface area (Å²) in [5, 5.41) is 8.37. The monoisotopic (exact) mass is 335 g/mol. The van der Waals surface area contributed by atoms with E-state index in [0.717, 1.165) is 31.6 Å². The second-order valence-corrected chi connectivity index (χ2v) is 7.47. The third kappa shape index (κ3) is 2.61. The first-order valence-electron chi connectivity index (χ1n) is 6.29. The van der Waals surface area contributed by atoms with Crippen LogP contribution in [0.3, 0.4) is 0 Å². The number of halogens is 1. The van der Waals surface area contributed by atoms with Crippen LogP contribution in [-0.2, 0) is 21.7 Å². The van der Waals surface area contributed by atoms with E-state index in [1.54, 1.807) is 0 Å². The summed E-state index contributed by atoms with van der Waals surface area (Å²) in [6.45, 7) is 2.84. The van der Waals surface area contributed by atoms with Crippen molar-refractivity contribution in [2.24, 2.45) is 0 Å². The third-order valence-electron chi connectivity index (χ3n) is 3.29. The summed E-state index contributed by atoms with van der Waals surface area (Å²) < 4.78 is 26.2. The number of hydrogen-bond acceptors (Lipinski definition) is 4. The molecule has 1 saturated heterocycles. The van der Waals surface area contributed by atoms with Gasteiger partial charge in [0.15, 0.2) is 15.7 Å². The van der Waals surface area contributed by atoms with Crippen molar-refractivity contribution in [3.05, 3.63) is 11.6 Å². The van der Waals surface area contributed by atoms with Crippen LogP contribution in [-0.4, -0.2) is 28.9 Å². The minimum absolute atomic E-state index is 0.278. The van der Waals surface area contributed by atoms with Gasteiger partial charge in [0.2, 0.25) is 0 Å². The molecule has 0 spiro atoms. The van der Waals surface area contributed by atoms with Crippen molar-refractivity contribution in [2.45, 2.75) is 49.7 Å². The molecule has 1 aromatic heterocycles. The first kappa shape index (κ1) is 14.0. The average molecular weight is 336 g/mol. The van der Waals surface area contributed by atoms with Crippen LogP contribution in [0.1, 0.15) is 49.5 Å². The molecule has 0 aliphatic carbocycles. The lowest BCUT2D eigenvalue weighted by Crippen LogP contribution is -2.25. The highest BCUT2D eigenvalue weighted by atomic mass is 79.9. The molecule has 0 amide bonds. The minimum Gasteiger partial charge on any atom is -0.313 e. The molecule has 2 heterocycles. The van der Waals surface area contributed by atoms with Crippen LogP contribution >= 0.6 is 15.9 Å². The molecule has 0 saturated carbocycles. The highest BCUT2D eigenvalue weighted by molar-refractivity contribution is 9.08. The van der Waals surface area contributed by atoms with Crippen LogP contribution in [0.25, 0.3) is 0 Å². The highest BCUT2D eigenvalue weighted by Crippen LogP contribution is 2.32. The molecule has 1 unspecified atom stereocenters. The number of hydrogen-bond donors (Lipinski definition) is 0. The van der Waals surface area contributed by atoms with E-state index in [4.69, 9.17) is 0 Å². The van der Waals surface area contributed by atoms with Gasteiger partial charge < -0.3 is 4.57 Å². The summed E-state index contributed by atoms with van der Waals surface area (Å²) in [5.41, 5.74) is 0. The highest BCUT2D eigenvalue weighted by Gasteiger charge is 2.34. The Balaban J connectivity index is 2.40. The molecule has 0 aromatic carbocycles. The van der Waals surface area contributed by atoms with Crippen molar-refractivity contribution in [3.8, 4) is 0 Å². The maximum Gasteiger partial charge on any atom is 0.160 e. The zero-order chi connectivity index (χ0) is 13.2. The van der Waals surface area contributed by atoms with Crippen molar-refractivity contribution < 1.29 is 8.42 Å². The molecule has 5 nitrogen and oxygen atoms in total. The molecular weight excluding hydrogens is 318 g/mol. The van der Waals surface area contributed by atoms with Crippen molar-refractivity contribution in [2.75, 3.05) is 5.75 Å². The molecule has 1 aliphatic heterocycles. The molecule has 2 rings (SSSR count). The Morgan fingerprint density at radius 2 is 2.17 bits per heavy atom. The van der Waals surface area contributed by atoms with Gasteiger partial charge in [0.25, 0.3) is 0 Å². The number of sulfone groups is 1. The van der Waals surface area contributed by atoms with Crippen molar-refractivity contribution >= 4 is 25.8 Å². The Morgan fingerprint density at radius 3 is 2.78 bits per heavy atom. The topological polar surface area (TPSA) is 64.8 Å². The van der Waals surface area contributed by atoms with E-state index >= 15 is 0 Å². The van der Waals surface area contributed by atoms with Crippen LogP contribution in [0.2, 0.25) is 0 Å². The summed E-state index contributed by atoms with van der Waals surface area (Å²) in [5.74, 6) is 1.72. The first-order chi connectivity index (χ1) is 8.60. The Morgan fingerprint density at radius 1 is 1.39 bits per heavy atom. The maximum atomic E-state index is 12.1. The summed E-state index contributed by atoms with van der Waals surface area (Å²) in [7, 11) is -3.05. The lowest BCUT2D eigenvalue weighted by atomic mass is 10.2. The molecule has 102 valence electrons. The molecule has 18 heavy (non-hydrogen) atoms. The number of rotatable bonds is 4. The molecule has 1 aromatic rings. The molecule has 0 bridgehead atoms. The minimum atomic E-state index is -3.05. The molecular formula is C11H18BrN3O2S. The number of alkyl halides is 1. The fourth-order valence-electron chi connectivity index (χ4n) is 2.40. The maximum absolute atomic E-state index is 12.1. The van der Waals surface area contributed by atoms with E-state index in [0.29, 0.717) is 17.6 Å². The molecule has 1 aliphatic rings. The first-order valence-corrected chi connectivity index (χ1v) is 9.13. The van der Waals surface area contributed by atoms with Gasteiger partial charge in [0.05, 0.1) is 11.1 Å². The second kappa shape index (κ2) is 5.69. The zero-order valence-corrected chi connectivity index (χ0v) is 12.9. The van der Waals surface area contributed by atoms with Gasteiger partial charge in [-0.25, -0.2) is 8.42 Å². The van der Waals surface area contributed by atoms with E-state index < -0.39 is 15.1 Å². The van der Waals surface area contributed by atoms with Gasteiger partial charge in [0, 0.05) is 6.54 Å². The van der Waals surface area contributed by atoms with Crippen molar-refractivity contribution in [1.82, 2.24) is 14.8 Å². The van der Waals surface area contributed by atoms with Crippen molar-refractivity contribution in [1.29, 1.82) is 0 Å². The largest absolute Gasteiger partial charge is 0.313 e. The van der Waals surface area contributed by atoms with Gasteiger partial charge in [0.1, 0.15) is 11.1 Å². The van der Waals surface area contributed by atoms with E-state index in [1.807, 2.05) is 4.57 Å². The summed E-state index contributed by atoms with van der Waals surface area (Å²) in [6.07, 6.45) is 3.34. The number of nitrogens with zero attached hydrogens (tertiary/aromatic N) is 3. The van der Waals surface area contributed by atoms with Gasteiger partial charge >= 0.3 is 0 Å². The van der Waals surface area contributed by atoms with Crippen molar-refractivity contribution in [3.63, 3.8) is 0 Å². The molecule has 1 fully saturated rings. The molecule has 0 N–H and O–H groups in total. The predicted molar refractivity (Wildman–Crippen MR) is 73.3 cm³/mol. The SMILES string of the molecule is CCCn1c(CBr)nnc1C1CCCCS1(=O)=O. The second-order valence-electron chi connectivity index (χ2n) is 4.61. The molecule has 0 radical (unpaired) electrons. The summed E-state index contributed by atoms with van der Waals surface area (Å²) in [4.78, 5) is 0. The Hall–Kier alpha value is -0.430. The van der Waals surface area contributed by atoms with Crippen LogP contribution in [0.5, 0.6) is 0 Å². The number of aromatic nitrogens is 3. The van der Waals surface area contributed by atoms with E-state index in [1.165, 1.54) is 0 Å². The standard InChI is InChI=1S/C11H18BrN3O2S/c1-2-6-15-10(8-12)13-14-11(15)9-5-3-4-7-18(9,16)17/h9H,2-8H2,1H3. The normalized spacial score (nSPS) is 23.1. The Labute approximate surface area is 116 Å². The van der Waals surface area contributed by atoms with E-state index in [-0.39, 0.29) is 5.75 Å². The van der Waals surface area contributed by atoms with Gasteiger partial charge in [-0.2, -0.15) is 0 Å². The third-order valence-corrected chi connectivity index (χ3v) is 5.96. The smallest absolute Gasteiger partial charge is 0.160 e. The fraction of sp³-hybridized carbons (Fsp3) is 0.818. The van der Waals surface area contributed by atoms with Crippen LogP contribution in [0.15, 0.2) is 0 Å². The van der Waals surface area contributed by atoms with Crippen LogP contribution < -0.4 is 0 Å². The van der Waals surface area contributed by atoms with E-state index in [9.17, 15) is 8.42 Å². The summed E-state index contributed by atoms with van der Waals surface area (Å²) >= 11 is 3.37. The Bertz CT molecular complexity index is 512. The predicted octanol–water partition coefficient (Wildman–Crippen LogP) is 2.22. The van der Waals surface area contributed by atoms with Crippen LogP contribution in [0.4, 0.5) is 0 Å². The van der Waals surface area contributed by atoms with Gasteiger partial charge in [-0.15, -0.1) is 10.2 Å². The zero-order valence-electron chi connectivity index (χ0n) is 10.5. The lowest BCUT2D eigenvalue weighted by Gasteiger charge is -2.22. The van der Waals surface area contributed by atoms with Gasteiger partial charge in [-0.3, -0.25) is 0 Å². The molecule has 1 atom stereocenters. The Kier molecular flexibility index (Phi) is 4.42. The average Bonchev–Trinajstić information content (AvgIpc) is 2.72. The molecule has 7 heteroatoms.